The third-order valence-corrected chi connectivity index (χ3v) is 4.35. The summed E-state index contributed by atoms with van der Waals surface area (Å²) < 4.78 is 5.37. The van der Waals surface area contributed by atoms with Gasteiger partial charge < -0.3 is 20.5 Å². The number of nitrogens with one attached hydrogen (secondary N) is 2. The van der Waals surface area contributed by atoms with Crippen molar-refractivity contribution < 1.29 is 19.4 Å². The third kappa shape index (κ3) is 5.49. The normalized spacial score (nSPS) is 10.3. The molecule has 0 saturated heterocycles. The highest BCUT2D eigenvalue weighted by atomic mass is 35.5. The Morgan fingerprint density at radius 2 is 1.72 bits per heavy atom. The summed E-state index contributed by atoms with van der Waals surface area (Å²) in [6.45, 7) is 1.63. The number of ether oxygens (including phenoxy) is 1. The summed E-state index contributed by atoms with van der Waals surface area (Å²) in [7, 11) is 0. The number of aromatic hydroxyl groups is 1. The number of carbonyl (C=O) groups excluding carboxylic acids is 2. The van der Waals surface area contributed by atoms with Gasteiger partial charge in [0.25, 0.3) is 11.8 Å². The van der Waals surface area contributed by atoms with Crippen molar-refractivity contribution in [2.45, 2.75) is 6.92 Å². The second-order valence-corrected chi connectivity index (χ2v) is 6.73. The highest BCUT2D eigenvalue weighted by Gasteiger charge is 2.12. The van der Waals surface area contributed by atoms with E-state index in [2.05, 4.69) is 10.6 Å². The standard InChI is InChI=1S/C22H19ClN2O4/c1-14-4-2-3-5-18(14)22(28)25-19-11-8-16(12-20(19)26)24-21(27)13-29-17-9-6-15(23)7-10-17/h2-12,26H,13H2,1H3,(H,24,27)(H,25,28). The van der Waals surface area contributed by atoms with Crippen LogP contribution in [0.1, 0.15) is 15.9 Å². The molecule has 0 radical (unpaired) electrons. The molecule has 3 rings (SSSR count). The van der Waals surface area contributed by atoms with E-state index in [1.807, 2.05) is 19.1 Å². The maximum absolute atomic E-state index is 12.4. The Balaban J connectivity index is 1.58. The number of aryl methyl sites for hydroxylation is 1. The summed E-state index contributed by atoms with van der Waals surface area (Å²) in [6.07, 6.45) is 0. The van der Waals surface area contributed by atoms with Crippen molar-refractivity contribution in [2.75, 3.05) is 17.2 Å². The highest BCUT2D eigenvalue weighted by Crippen LogP contribution is 2.27. The van der Waals surface area contributed by atoms with Gasteiger partial charge in [-0.05, 0) is 55.0 Å². The molecule has 3 aromatic rings. The lowest BCUT2D eigenvalue weighted by Gasteiger charge is -2.11. The summed E-state index contributed by atoms with van der Waals surface area (Å²) in [6, 6.07) is 18.2. The average Bonchev–Trinajstić information content (AvgIpc) is 2.70. The zero-order chi connectivity index (χ0) is 20.8. The summed E-state index contributed by atoms with van der Waals surface area (Å²) in [4.78, 5) is 24.4. The molecule has 0 fully saturated rings. The first-order valence-corrected chi connectivity index (χ1v) is 9.18. The molecule has 0 saturated carbocycles. The van der Waals surface area contributed by atoms with Crippen LogP contribution in [0.25, 0.3) is 0 Å². The topological polar surface area (TPSA) is 87.7 Å². The van der Waals surface area contributed by atoms with Crippen LogP contribution in [0.4, 0.5) is 11.4 Å². The van der Waals surface area contributed by atoms with Gasteiger partial charge in [0.2, 0.25) is 0 Å². The van der Waals surface area contributed by atoms with Gasteiger partial charge in [-0.15, -0.1) is 0 Å². The van der Waals surface area contributed by atoms with Crippen LogP contribution in [-0.4, -0.2) is 23.5 Å². The minimum Gasteiger partial charge on any atom is -0.506 e. The number of hydrogen-bond donors (Lipinski definition) is 3. The van der Waals surface area contributed by atoms with Crippen molar-refractivity contribution in [3.8, 4) is 11.5 Å². The number of carbonyl (C=O) groups is 2. The van der Waals surface area contributed by atoms with Gasteiger partial charge in [-0.1, -0.05) is 29.8 Å². The summed E-state index contributed by atoms with van der Waals surface area (Å²) >= 11 is 5.80. The minimum absolute atomic E-state index is 0.164. The molecule has 3 N–H and O–H groups in total. The predicted molar refractivity (Wildman–Crippen MR) is 113 cm³/mol. The first-order chi connectivity index (χ1) is 13.9. The molecule has 7 heteroatoms. The molecule has 6 nitrogen and oxygen atoms in total. The molecule has 3 aromatic carbocycles. The van der Waals surface area contributed by atoms with E-state index < -0.39 is 5.91 Å². The van der Waals surface area contributed by atoms with Crippen LogP contribution in [0.2, 0.25) is 5.02 Å². The number of phenols is 1. The molecule has 0 bridgehead atoms. The Bertz CT molecular complexity index is 1040. The SMILES string of the molecule is Cc1ccccc1C(=O)Nc1ccc(NC(=O)COc2ccc(Cl)cc2)cc1O. The monoisotopic (exact) mass is 410 g/mol. The van der Waals surface area contributed by atoms with E-state index in [0.717, 1.165) is 5.56 Å². The van der Waals surface area contributed by atoms with Gasteiger partial charge in [0.15, 0.2) is 6.61 Å². The Morgan fingerprint density at radius 3 is 2.41 bits per heavy atom. The minimum atomic E-state index is -0.393. The first kappa shape index (κ1) is 20.2. The van der Waals surface area contributed by atoms with Gasteiger partial charge >= 0.3 is 0 Å². The van der Waals surface area contributed by atoms with Crippen molar-refractivity contribution in [1.82, 2.24) is 0 Å². The lowest BCUT2D eigenvalue weighted by atomic mass is 10.1. The van der Waals surface area contributed by atoms with E-state index in [1.165, 1.54) is 12.1 Å². The summed E-state index contributed by atoms with van der Waals surface area (Å²) in [5, 5.41) is 16.1. The van der Waals surface area contributed by atoms with E-state index in [9.17, 15) is 14.7 Å². The van der Waals surface area contributed by atoms with Gasteiger partial charge in [-0.3, -0.25) is 9.59 Å². The molecule has 0 unspecified atom stereocenters. The molecule has 0 aliphatic carbocycles. The Hall–Kier alpha value is -3.51. The van der Waals surface area contributed by atoms with Crippen LogP contribution in [0, 0.1) is 6.92 Å². The Morgan fingerprint density at radius 1 is 1.00 bits per heavy atom. The van der Waals surface area contributed by atoms with E-state index in [1.54, 1.807) is 42.5 Å². The van der Waals surface area contributed by atoms with Crippen LogP contribution in [0.3, 0.4) is 0 Å². The van der Waals surface area contributed by atoms with E-state index >= 15 is 0 Å². The molecule has 2 amide bonds. The van der Waals surface area contributed by atoms with Gasteiger partial charge in [0.1, 0.15) is 11.5 Å². The molecular weight excluding hydrogens is 392 g/mol. The maximum atomic E-state index is 12.4. The van der Waals surface area contributed by atoms with Crippen LogP contribution < -0.4 is 15.4 Å². The zero-order valence-electron chi connectivity index (χ0n) is 15.6. The Labute approximate surface area is 173 Å². The fourth-order valence-electron chi connectivity index (χ4n) is 2.61. The van der Waals surface area contributed by atoms with Crippen molar-refractivity contribution in [2.24, 2.45) is 0 Å². The van der Waals surface area contributed by atoms with Crippen molar-refractivity contribution in [3.63, 3.8) is 0 Å². The molecule has 29 heavy (non-hydrogen) atoms. The Kier molecular flexibility index (Phi) is 6.36. The molecule has 0 spiro atoms. The smallest absolute Gasteiger partial charge is 0.262 e. The summed E-state index contributed by atoms with van der Waals surface area (Å²) in [5.74, 6) is -0.368. The largest absolute Gasteiger partial charge is 0.506 e. The van der Waals surface area contributed by atoms with Crippen molar-refractivity contribution in [3.05, 3.63) is 82.9 Å². The lowest BCUT2D eigenvalue weighted by molar-refractivity contribution is -0.118. The van der Waals surface area contributed by atoms with Crippen LogP contribution >= 0.6 is 11.6 Å². The van der Waals surface area contributed by atoms with Crippen molar-refractivity contribution >= 4 is 34.8 Å². The van der Waals surface area contributed by atoms with E-state index in [-0.39, 0.29) is 24.0 Å². The number of benzene rings is 3. The molecule has 0 aromatic heterocycles. The van der Waals surface area contributed by atoms with Gasteiger partial charge in [0.05, 0.1) is 5.69 Å². The van der Waals surface area contributed by atoms with E-state index in [4.69, 9.17) is 16.3 Å². The third-order valence-electron chi connectivity index (χ3n) is 4.10. The molecule has 0 atom stereocenters. The molecule has 148 valence electrons. The second-order valence-electron chi connectivity index (χ2n) is 6.29. The van der Waals surface area contributed by atoms with Crippen molar-refractivity contribution in [1.29, 1.82) is 0 Å². The number of amides is 2. The molecule has 0 aliphatic rings. The number of rotatable bonds is 6. The zero-order valence-corrected chi connectivity index (χ0v) is 16.4. The van der Waals surface area contributed by atoms with Crippen LogP contribution in [-0.2, 0) is 4.79 Å². The van der Waals surface area contributed by atoms with Gasteiger partial charge in [0, 0.05) is 22.3 Å². The number of halogens is 1. The number of anilines is 2. The fourth-order valence-corrected chi connectivity index (χ4v) is 2.74. The average molecular weight is 411 g/mol. The number of hydrogen-bond acceptors (Lipinski definition) is 4. The van der Waals surface area contributed by atoms with Gasteiger partial charge in [-0.25, -0.2) is 0 Å². The molecular formula is C22H19ClN2O4. The van der Waals surface area contributed by atoms with Gasteiger partial charge in [-0.2, -0.15) is 0 Å². The van der Waals surface area contributed by atoms with Crippen LogP contribution in [0.5, 0.6) is 11.5 Å². The second kappa shape index (κ2) is 9.12. The fraction of sp³-hybridized carbons (Fsp3) is 0.0909. The first-order valence-electron chi connectivity index (χ1n) is 8.80. The predicted octanol–water partition coefficient (Wildman–Crippen LogP) is 4.62. The number of phenolic OH excluding ortho intramolecular Hbond substituents is 1. The highest BCUT2D eigenvalue weighted by molar-refractivity contribution is 6.30. The quantitative estimate of drug-likeness (QED) is 0.517. The summed E-state index contributed by atoms with van der Waals surface area (Å²) in [5.41, 5.74) is 1.97. The lowest BCUT2D eigenvalue weighted by Crippen LogP contribution is -2.20. The maximum Gasteiger partial charge on any atom is 0.262 e. The van der Waals surface area contributed by atoms with Crippen LogP contribution in [0.15, 0.2) is 66.7 Å². The van der Waals surface area contributed by atoms with E-state index in [0.29, 0.717) is 22.0 Å². The molecule has 0 heterocycles. The molecule has 0 aliphatic heterocycles.